The van der Waals surface area contributed by atoms with Gasteiger partial charge in [-0.2, -0.15) is 0 Å². The van der Waals surface area contributed by atoms with Crippen molar-refractivity contribution >= 4 is 17.4 Å². The molecule has 1 aliphatic rings. The fourth-order valence-electron chi connectivity index (χ4n) is 1.73. The van der Waals surface area contributed by atoms with Gasteiger partial charge in [-0.25, -0.2) is 0 Å². The lowest BCUT2D eigenvalue weighted by Crippen LogP contribution is -2.19. The highest BCUT2D eigenvalue weighted by atomic mass is 32.2. The minimum absolute atomic E-state index is 0.211. The van der Waals surface area contributed by atoms with E-state index in [0.29, 0.717) is 0 Å². The first kappa shape index (κ1) is 8.91. The summed E-state index contributed by atoms with van der Waals surface area (Å²) in [5.74, 6) is 0. The van der Waals surface area contributed by atoms with Gasteiger partial charge in [0, 0.05) is 10.6 Å². The maximum atomic E-state index is 9.03. The van der Waals surface area contributed by atoms with Crippen molar-refractivity contribution in [3.05, 3.63) is 23.8 Å². The Bertz CT molecular complexity index is 314. The van der Waals surface area contributed by atoms with E-state index in [1.54, 1.807) is 11.8 Å². The number of fused-ring (bicyclic) bond motifs is 1. The van der Waals surface area contributed by atoms with E-state index < -0.39 is 0 Å². The SMILES string of the molecule is CSc1cccc2c1C[C@@H](CO)N2. The molecule has 13 heavy (non-hydrogen) atoms. The zero-order valence-electron chi connectivity index (χ0n) is 7.58. The maximum Gasteiger partial charge on any atom is 0.0636 e. The standard InChI is InChI=1S/C10H13NOS/c1-13-10-4-2-3-9-8(10)5-7(6-12)11-9/h2-4,7,11-12H,5-6H2,1H3/t7-/m0/s1. The Morgan fingerprint density at radius 2 is 2.46 bits per heavy atom. The molecule has 0 fully saturated rings. The lowest BCUT2D eigenvalue weighted by atomic mass is 10.1. The van der Waals surface area contributed by atoms with Crippen LogP contribution in [0.15, 0.2) is 23.1 Å². The molecule has 2 rings (SSSR count). The molecular formula is C10H13NOS. The molecule has 70 valence electrons. The number of thioether (sulfide) groups is 1. The second-order valence-corrected chi connectivity index (χ2v) is 4.06. The minimum Gasteiger partial charge on any atom is -0.394 e. The highest BCUT2D eigenvalue weighted by Gasteiger charge is 2.21. The number of benzene rings is 1. The van der Waals surface area contributed by atoms with E-state index in [9.17, 15) is 0 Å². The summed E-state index contributed by atoms with van der Waals surface area (Å²) in [6.45, 7) is 0.211. The number of hydrogen-bond acceptors (Lipinski definition) is 3. The second kappa shape index (κ2) is 3.60. The molecule has 1 aromatic carbocycles. The van der Waals surface area contributed by atoms with Crippen molar-refractivity contribution in [2.45, 2.75) is 17.4 Å². The number of aliphatic hydroxyl groups is 1. The van der Waals surface area contributed by atoms with Crippen molar-refractivity contribution in [2.24, 2.45) is 0 Å². The van der Waals surface area contributed by atoms with Gasteiger partial charge >= 0.3 is 0 Å². The van der Waals surface area contributed by atoms with E-state index in [1.165, 1.54) is 16.1 Å². The van der Waals surface area contributed by atoms with Crippen LogP contribution in [0.1, 0.15) is 5.56 Å². The van der Waals surface area contributed by atoms with Gasteiger partial charge < -0.3 is 10.4 Å². The highest BCUT2D eigenvalue weighted by Crippen LogP contribution is 2.33. The summed E-state index contributed by atoms with van der Waals surface area (Å²) in [5.41, 5.74) is 2.54. The van der Waals surface area contributed by atoms with Crippen LogP contribution in [0.2, 0.25) is 0 Å². The molecule has 2 N–H and O–H groups in total. The number of nitrogens with one attached hydrogen (secondary N) is 1. The number of anilines is 1. The molecule has 3 heteroatoms. The summed E-state index contributed by atoms with van der Waals surface area (Å²) in [7, 11) is 0. The molecule has 0 aromatic heterocycles. The van der Waals surface area contributed by atoms with Gasteiger partial charge in [-0.15, -0.1) is 11.8 Å². The van der Waals surface area contributed by atoms with Crippen LogP contribution in [0, 0.1) is 0 Å². The van der Waals surface area contributed by atoms with Gasteiger partial charge in [0.2, 0.25) is 0 Å². The zero-order chi connectivity index (χ0) is 9.26. The molecule has 0 saturated carbocycles. The zero-order valence-corrected chi connectivity index (χ0v) is 8.40. The van der Waals surface area contributed by atoms with Gasteiger partial charge in [-0.3, -0.25) is 0 Å². The van der Waals surface area contributed by atoms with Gasteiger partial charge in [0.25, 0.3) is 0 Å². The van der Waals surface area contributed by atoms with Gasteiger partial charge in [-0.05, 0) is 30.4 Å². The van der Waals surface area contributed by atoms with Crippen molar-refractivity contribution in [3.63, 3.8) is 0 Å². The third-order valence-electron chi connectivity index (χ3n) is 2.38. The van der Waals surface area contributed by atoms with Crippen LogP contribution in [-0.2, 0) is 6.42 Å². The van der Waals surface area contributed by atoms with E-state index in [2.05, 4.69) is 29.8 Å². The summed E-state index contributed by atoms with van der Waals surface area (Å²) < 4.78 is 0. The van der Waals surface area contributed by atoms with E-state index >= 15 is 0 Å². The van der Waals surface area contributed by atoms with E-state index in [4.69, 9.17) is 5.11 Å². The summed E-state index contributed by atoms with van der Waals surface area (Å²) in [6, 6.07) is 6.47. The number of aliphatic hydroxyl groups excluding tert-OH is 1. The second-order valence-electron chi connectivity index (χ2n) is 3.21. The molecule has 1 aliphatic heterocycles. The van der Waals surface area contributed by atoms with Crippen LogP contribution >= 0.6 is 11.8 Å². The van der Waals surface area contributed by atoms with Crippen molar-refractivity contribution in [1.29, 1.82) is 0 Å². The summed E-state index contributed by atoms with van der Waals surface area (Å²) in [6.07, 6.45) is 3.03. The molecule has 1 aromatic rings. The highest BCUT2D eigenvalue weighted by molar-refractivity contribution is 7.98. The van der Waals surface area contributed by atoms with Crippen LogP contribution in [0.25, 0.3) is 0 Å². The monoisotopic (exact) mass is 195 g/mol. The molecule has 0 aliphatic carbocycles. The van der Waals surface area contributed by atoms with E-state index in [0.717, 1.165) is 6.42 Å². The molecular weight excluding hydrogens is 182 g/mol. The normalized spacial score (nSPS) is 19.7. The number of rotatable bonds is 2. The Hall–Kier alpha value is -0.670. The van der Waals surface area contributed by atoms with Crippen LogP contribution < -0.4 is 5.32 Å². The Morgan fingerprint density at radius 3 is 3.15 bits per heavy atom. The molecule has 0 bridgehead atoms. The Balaban J connectivity index is 2.33. The van der Waals surface area contributed by atoms with Crippen molar-refractivity contribution in [3.8, 4) is 0 Å². The molecule has 1 atom stereocenters. The molecule has 0 radical (unpaired) electrons. The van der Waals surface area contributed by atoms with Crippen LogP contribution in [-0.4, -0.2) is 24.0 Å². The van der Waals surface area contributed by atoms with Gasteiger partial charge in [0.15, 0.2) is 0 Å². The molecule has 0 unspecified atom stereocenters. The topological polar surface area (TPSA) is 32.3 Å². The summed E-state index contributed by atoms with van der Waals surface area (Å²) in [4.78, 5) is 1.32. The molecule has 0 amide bonds. The predicted molar refractivity (Wildman–Crippen MR) is 56.4 cm³/mol. The first-order valence-corrected chi connectivity index (χ1v) is 5.61. The van der Waals surface area contributed by atoms with Crippen molar-refractivity contribution in [1.82, 2.24) is 0 Å². The van der Waals surface area contributed by atoms with Crippen LogP contribution in [0.5, 0.6) is 0 Å². The fourth-order valence-corrected chi connectivity index (χ4v) is 2.38. The average Bonchev–Trinajstić information content (AvgIpc) is 2.59. The first-order chi connectivity index (χ1) is 6.35. The van der Waals surface area contributed by atoms with E-state index in [1.807, 2.05) is 0 Å². The first-order valence-electron chi connectivity index (χ1n) is 4.38. The Kier molecular flexibility index (Phi) is 2.47. The maximum absolute atomic E-state index is 9.03. The predicted octanol–water partition coefficient (Wildman–Crippen LogP) is 1.74. The quantitative estimate of drug-likeness (QED) is 0.705. The molecule has 0 spiro atoms. The third-order valence-corrected chi connectivity index (χ3v) is 3.21. The lowest BCUT2D eigenvalue weighted by Gasteiger charge is -2.04. The van der Waals surface area contributed by atoms with Crippen LogP contribution in [0.3, 0.4) is 0 Å². The number of hydrogen-bond donors (Lipinski definition) is 2. The van der Waals surface area contributed by atoms with E-state index in [-0.39, 0.29) is 12.6 Å². The summed E-state index contributed by atoms with van der Waals surface area (Å²) in [5, 5.41) is 12.3. The fraction of sp³-hybridized carbons (Fsp3) is 0.400. The molecule has 2 nitrogen and oxygen atoms in total. The van der Waals surface area contributed by atoms with Crippen LogP contribution in [0.4, 0.5) is 5.69 Å². The average molecular weight is 195 g/mol. The Labute approximate surface area is 82.4 Å². The van der Waals surface area contributed by atoms with Gasteiger partial charge in [-0.1, -0.05) is 6.07 Å². The third kappa shape index (κ3) is 1.54. The van der Waals surface area contributed by atoms with Crippen molar-refractivity contribution in [2.75, 3.05) is 18.2 Å². The van der Waals surface area contributed by atoms with Gasteiger partial charge in [0.05, 0.1) is 12.6 Å². The minimum atomic E-state index is 0.211. The summed E-state index contributed by atoms with van der Waals surface area (Å²) >= 11 is 1.77. The van der Waals surface area contributed by atoms with Gasteiger partial charge in [0.1, 0.15) is 0 Å². The largest absolute Gasteiger partial charge is 0.394 e. The smallest absolute Gasteiger partial charge is 0.0636 e. The Morgan fingerprint density at radius 1 is 1.62 bits per heavy atom. The molecule has 1 heterocycles. The lowest BCUT2D eigenvalue weighted by molar-refractivity contribution is 0.277. The van der Waals surface area contributed by atoms with Crippen molar-refractivity contribution < 1.29 is 5.11 Å². The molecule has 0 saturated heterocycles.